The first-order chi connectivity index (χ1) is 9.15. The molecule has 6 nitrogen and oxygen atoms in total. The number of hydrogen-bond acceptors (Lipinski definition) is 6. The normalized spacial score (nSPS) is 20.5. The molecule has 19 heavy (non-hydrogen) atoms. The Balaban J connectivity index is 2.46. The monoisotopic (exact) mass is 293 g/mol. The van der Waals surface area contributed by atoms with Gasteiger partial charge < -0.3 is 28.5 Å². The summed E-state index contributed by atoms with van der Waals surface area (Å²) in [4.78, 5) is 0. The molecule has 2 N–H and O–H groups in total. The molecule has 0 aromatic rings. The van der Waals surface area contributed by atoms with Gasteiger partial charge in [0.05, 0.1) is 13.2 Å². The van der Waals surface area contributed by atoms with E-state index < -0.39 is 8.80 Å². The van der Waals surface area contributed by atoms with Crippen molar-refractivity contribution in [3.8, 4) is 0 Å². The lowest BCUT2D eigenvalue weighted by atomic mass is 10.5. The summed E-state index contributed by atoms with van der Waals surface area (Å²) in [5.74, 6) is 0. The highest BCUT2D eigenvalue weighted by atomic mass is 28.4. The summed E-state index contributed by atoms with van der Waals surface area (Å²) < 4.78 is 28.2. The zero-order chi connectivity index (χ0) is 14.1. The summed E-state index contributed by atoms with van der Waals surface area (Å²) in [7, 11) is -2.68. The molecule has 0 spiro atoms. The molecular weight excluding hydrogens is 266 g/mol. The zero-order valence-electron chi connectivity index (χ0n) is 12.2. The van der Waals surface area contributed by atoms with Gasteiger partial charge >= 0.3 is 8.80 Å². The van der Waals surface area contributed by atoms with Crippen LogP contribution in [0.5, 0.6) is 0 Å². The fourth-order valence-electron chi connectivity index (χ4n) is 1.77. The van der Waals surface area contributed by atoms with Crippen LogP contribution in [0.25, 0.3) is 0 Å². The van der Waals surface area contributed by atoms with Crippen molar-refractivity contribution in [2.75, 3.05) is 33.0 Å². The number of nitrogens with two attached hydrogens (primary N) is 1. The predicted octanol–water partition coefficient (Wildman–Crippen LogP) is 1.13. The van der Waals surface area contributed by atoms with Crippen LogP contribution in [0.15, 0.2) is 0 Å². The topological polar surface area (TPSA) is 75.5 Å². The van der Waals surface area contributed by atoms with Crippen LogP contribution >= 0.6 is 0 Å². The molecular formula is C12H27NO5Si. The van der Waals surface area contributed by atoms with Gasteiger partial charge in [0.25, 0.3) is 0 Å². The van der Waals surface area contributed by atoms with E-state index in [-0.39, 0.29) is 12.4 Å². The van der Waals surface area contributed by atoms with E-state index in [4.69, 9.17) is 28.5 Å². The average molecular weight is 293 g/mol. The molecule has 1 aliphatic heterocycles. The summed E-state index contributed by atoms with van der Waals surface area (Å²) in [6.45, 7) is 8.81. The van der Waals surface area contributed by atoms with E-state index >= 15 is 0 Å². The van der Waals surface area contributed by atoms with Gasteiger partial charge in [-0.3, -0.25) is 0 Å². The van der Waals surface area contributed by atoms with Gasteiger partial charge in [0, 0.05) is 19.3 Å². The van der Waals surface area contributed by atoms with Crippen LogP contribution in [0.1, 0.15) is 27.2 Å². The Morgan fingerprint density at radius 2 is 1.95 bits per heavy atom. The lowest BCUT2D eigenvalue weighted by Crippen LogP contribution is -2.49. The lowest BCUT2D eigenvalue weighted by molar-refractivity contribution is -0.111. The SMILES string of the molecule is CCO[Si](CCCN)(OCC)OC(C)OCC1CO1. The van der Waals surface area contributed by atoms with Crippen LogP contribution in [-0.2, 0) is 22.8 Å². The van der Waals surface area contributed by atoms with E-state index in [0.29, 0.717) is 26.4 Å². The van der Waals surface area contributed by atoms with Crippen molar-refractivity contribution in [1.29, 1.82) is 0 Å². The zero-order valence-corrected chi connectivity index (χ0v) is 13.2. The lowest BCUT2D eigenvalue weighted by Gasteiger charge is -2.31. The Labute approximate surface area is 116 Å². The maximum atomic E-state index is 5.96. The third-order valence-electron chi connectivity index (χ3n) is 2.68. The Morgan fingerprint density at radius 1 is 1.32 bits per heavy atom. The Hall–Kier alpha value is -0.0231. The molecule has 1 saturated heterocycles. The summed E-state index contributed by atoms with van der Waals surface area (Å²) in [5.41, 5.74) is 5.57. The highest BCUT2D eigenvalue weighted by molar-refractivity contribution is 6.60. The molecule has 0 aliphatic carbocycles. The Kier molecular flexibility index (Phi) is 8.08. The number of rotatable bonds is 12. The standard InChI is InChI=1S/C12H27NO5Si/c1-4-16-19(17-5-2,8-6-7-13)18-11(3)14-9-12-10-15-12/h11-12H,4-10,13H2,1-3H3. The van der Waals surface area contributed by atoms with E-state index in [2.05, 4.69) is 0 Å². The minimum Gasteiger partial charge on any atom is -0.374 e. The summed E-state index contributed by atoms with van der Waals surface area (Å²) >= 11 is 0. The Morgan fingerprint density at radius 3 is 2.42 bits per heavy atom. The molecule has 0 radical (unpaired) electrons. The first-order valence-corrected chi connectivity index (χ1v) is 8.98. The average Bonchev–Trinajstić information content (AvgIpc) is 3.19. The van der Waals surface area contributed by atoms with Gasteiger partial charge in [-0.1, -0.05) is 0 Å². The first kappa shape index (κ1) is 17.0. The molecule has 0 aromatic heterocycles. The molecule has 1 heterocycles. The number of ether oxygens (including phenoxy) is 2. The predicted molar refractivity (Wildman–Crippen MR) is 73.7 cm³/mol. The second kappa shape index (κ2) is 9.01. The van der Waals surface area contributed by atoms with Crippen LogP contribution in [0.2, 0.25) is 6.04 Å². The molecule has 1 fully saturated rings. The fraction of sp³-hybridized carbons (Fsp3) is 1.00. The molecule has 0 amide bonds. The molecule has 0 aromatic carbocycles. The van der Waals surface area contributed by atoms with Gasteiger partial charge in [-0.25, -0.2) is 0 Å². The van der Waals surface area contributed by atoms with Gasteiger partial charge in [0.2, 0.25) is 0 Å². The van der Waals surface area contributed by atoms with Crippen molar-refractivity contribution in [1.82, 2.24) is 0 Å². The third kappa shape index (κ3) is 6.80. The van der Waals surface area contributed by atoms with Gasteiger partial charge in [-0.2, -0.15) is 0 Å². The Bertz CT molecular complexity index is 234. The highest BCUT2D eigenvalue weighted by Crippen LogP contribution is 2.21. The maximum Gasteiger partial charge on any atom is 0.502 e. The van der Waals surface area contributed by atoms with Gasteiger partial charge in [-0.15, -0.1) is 0 Å². The van der Waals surface area contributed by atoms with Gasteiger partial charge in [0.15, 0.2) is 0 Å². The summed E-state index contributed by atoms with van der Waals surface area (Å²) in [6.07, 6.45) is 0.696. The van der Waals surface area contributed by atoms with Crippen molar-refractivity contribution in [2.45, 2.75) is 45.6 Å². The number of hydrogen-bond donors (Lipinski definition) is 1. The second-order valence-corrected chi connectivity index (χ2v) is 7.09. The van der Waals surface area contributed by atoms with Crippen LogP contribution < -0.4 is 5.73 Å². The van der Waals surface area contributed by atoms with Crippen LogP contribution in [0, 0.1) is 0 Å². The van der Waals surface area contributed by atoms with Gasteiger partial charge in [-0.05, 0) is 33.7 Å². The fourth-order valence-corrected chi connectivity index (χ4v) is 4.48. The highest BCUT2D eigenvalue weighted by Gasteiger charge is 2.42. The quantitative estimate of drug-likeness (QED) is 0.330. The van der Waals surface area contributed by atoms with Crippen molar-refractivity contribution < 1.29 is 22.8 Å². The minimum absolute atomic E-state index is 0.227. The molecule has 114 valence electrons. The van der Waals surface area contributed by atoms with Crippen molar-refractivity contribution in [2.24, 2.45) is 5.73 Å². The summed E-state index contributed by atoms with van der Waals surface area (Å²) in [6, 6.07) is 0.721. The van der Waals surface area contributed by atoms with Crippen molar-refractivity contribution in [3.05, 3.63) is 0 Å². The molecule has 0 saturated carbocycles. The molecule has 1 aliphatic rings. The summed E-state index contributed by atoms with van der Waals surface area (Å²) in [5, 5.41) is 0. The van der Waals surface area contributed by atoms with Crippen molar-refractivity contribution in [3.63, 3.8) is 0 Å². The van der Waals surface area contributed by atoms with Crippen LogP contribution in [-0.4, -0.2) is 54.2 Å². The maximum absolute atomic E-state index is 5.96. The second-order valence-electron chi connectivity index (χ2n) is 4.42. The van der Waals surface area contributed by atoms with E-state index in [0.717, 1.165) is 19.1 Å². The number of epoxide rings is 1. The van der Waals surface area contributed by atoms with Gasteiger partial charge in [0.1, 0.15) is 12.4 Å². The van der Waals surface area contributed by atoms with E-state index in [1.54, 1.807) is 0 Å². The largest absolute Gasteiger partial charge is 0.502 e. The minimum atomic E-state index is -2.68. The van der Waals surface area contributed by atoms with Crippen molar-refractivity contribution >= 4 is 8.80 Å². The smallest absolute Gasteiger partial charge is 0.374 e. The molecule has 0 bridgehead atoms. The van der Waals surface area contributed by atoms with E-state index in [1.165, 1.54) is 0 Å². The first-order valence-electron chi connectivity index (χ1n) is 7.04. The van der Waals surface area contributed by atoms with Crippen LogP contribution in [0.4, 0.5) is 0 Å². The molecule has 2 unspecified atom stereocenters. The molecule has 7 heteroatoms. The third-order valence-corrected chi connectivity index (χ3v) is 5.79. The van der Waals surface area contributed by atoms with E-state index in [9.17, 15) is 0 Å². The van der Waals surface area contributed by atoms with Crippen LogP contribution in [0.3, 0.4) is 0 Å². The molecule has 1 rings (SSSR count). The van der Waals surface area contributed by atoms with E-state index in [1.807, 2.05) is 20.8 Å². The molecule has 2 atom stereocenters.